The molecule has 4 aromatic rings. The number of hydrogen-bond donors (Lipinski definition) is 3. The van der Waals surface area contributed by atoms with Crippen molar-refractivity contribution >= 4 is 35.3 Å². The maximum absolute atomic E-state index is 15.4. The lowest BCUT2D eigenvalue weighted by molar-refractivity contribution is -0.161. The molecule has 0 bridgehead atoms. The largest absolute Gasteiger partial charge is 0.497 e. The number of alkyl halides is 2. The second-order valence-electron chi connectivity index (χ2n) is 11.8. The van der Waals surface area contributed by atoms with Crippen LogP contribution in [-0.4, -0.2) is 82.8 Å². The Morgan fingerprint density at radius 3 is 2.09 bits per heavy atom. The van der Waals surface area contributed by atoms with Crippen LogP contribution in [0.3, 0.4) is 0 Å². The Balaban J connectivity index is 1.61. The second-order valence-corrected chi connectivity index (χ2v) is 11.8. The summed E-state index contributed by atoms with van der Waals surface area (Å²) >= 11 is 0. The molecular formula is C38H40F2N6O8. The lowest BCUT2D eigenvalue weighted by Gasteiger charge is -2.24. The number of carbonyl (C=O) groups excluding carboxylic acids is 5. The highest BCUT2D eigenvalue weighted by Gasteiger charge is 2.50. The van der Waals surface area contributed by atoms with E-state index in [-0.39, 0.29) is 31.2 Å². The topological polar surface area (TPSA) is 178 Å². The second kappa shape index (κ2) is 18.9. The maximum atomic E-state index is 15.4. The molecular weight excluding hydrogens is 706 g/mol. The van der Waals surface area contributed by atoms with Gasteiger partial charge in [-0.25, -0.2) is 9.78 Å². The Labute approximate surface area is 309 Å². The van der Waals surface area contributed by atoms with E-state index in [2.05, 4.69) is 15.6 Å². The van der Waals surface area contributed by atoms with E-state index in [0.717, 1.165) is 10.8 Å². The third-order valence-electron chi connectivity index (χ3n) is 8.19. The van der Waals surface area contributed by atoms with Crippen LogP contribution < -0.4 is 26.2 Å². The van der Waals surface area contributed by atoms with Crippen molar-refractivity contribution in [2.24, 2.45) is 0 Å². The number of amides is 4. The Bertz CT molecular complexity index is 1990. The molecule has 16 heteroatoms. The minimum absolute atomic E-state index is 0.0467. The van der Waals surface area contributed by atoms with Crippen LogP contribution in [0.15, 0.2) is 95.9 Å². The summed E-state index contributed by atoms with van der Waals surface area (Å²) in [6.07, 6.45) is -0.356. The average Bonchev–Trinajstić information content (AvgIpc) is 3.18. The number of hydrogen-bond acceptors (Lipinski definition) is 9. The lowest BCUT2D eigenvalue weighted by Crippen LogP contribution is -2.56. The van der Waals surface area contributed by atoms with E-state index in [0.29, 0.717) is 22.4 Å². The molecule has 0 saturated heterocycles. The number of ether oxygens (including phenoxy) is 2. The Morgan fingerprint density at radius 1 is 0.889 bits per heavy atom. The van der Waals surface area contributed by atoms with Gasteiger partial charge in [-0.1, -0.05) is 60.7 Å². The van der Waals surface area contributed by atoms with Gasteiger partial charge >= 0.3 is 12.0 Å². The maximum Gasteiger partial charge on any atom is 0.412 e. The molecule has 0 radical (unpaired) electrons. The molecule has 284 valence electrons. The van der Waals surface area contributed by atoms with Crippen LogP contribution in [0.25, 0.3) is 11.4 Å². The van der Waals surface area contributed by atoms with Gasteiger partial charge in [0, 0.05) is 25.1 Å². The van der Waals surface area contributed by atoms with Crippen LogP contribution in [0, 0.1) is 0 Å². The van der Waals surface area contributed by atoms with Crippen LogP contribution in [0.5, 0.6) is 5.75 Å². The van der Waals surface area contributed by atoms with Gasteiger partial charge in [-0.15, -0.1) is 0 Å². The van der Waals surface area contributed by atoms with Gasteiger partial charge in [0.05, 0.1) is 25.9 Å². The van der Waals surface area contributed by atoms with Gasteiger partial charge in [0.15, 0.2) is 0 Å². The van der Waals surface area contributed by atoms with Gasteiger partial charge in [0.25, 0.3) is 11.5 Å². The number of likely N-dealkylation sites (N-methyl/N-ethyl adjacent to an activating group) is 1. The van der Waals surface area contributed by atoms with Crippen LogP contribution in [-0.2, 0) is 43.5 Å². The fourth-order valence-corrected chi connectivity index (χ4v) is 5.29. The van der Waals surface area contributed by atoms with E-state index in [1.54, 1.807) is 86.6 Å². The summed E-state index contributed by atoms with van der Waals surface area (Å²) in [6.45, 7) is 2.19. The SMILES string of the molecule is CCN(CC)C(=O)CNC(=O)C(F)(F)C(=O)C(Cc1ccccc1)NC(=O)Cn1c(-c2ccc(OC)cc2)ncc(NC(=O)OCc2ccccc2)c1=O. The number of Topliss-reactive ketones (excluding diaryl/α,β-unsaturated/α-hetero) is 1. The minimum atomic E-state index is -4.66. The molecule has 0 fully saturated rings. The van der Waals surface area contributed by atoms with Crippen LogP contribution >= 0.6 is 0 Å². The molecule has 0 saturated carbocycles. The van der Waals surface area contributed by atoms with Gasteiger partial charge in [-0.05, 0) is 49.2 Å². The van der Waals surface area contributed by atoms with Gasteiger partial charge < -0.3 is 25.0 Å². The van der Waals surface area contributed by atoms with Crippen LogP contribution in [0.1, 0.15) is 25.0 Å². The van der Waals surface area contributed by atoms with Crippen molar-refractivity contribution < 1.29 is 42.2 Å². The number of anilines is 1. The molecule has 1 heterocycles. The molecule has 0 spiro atoms. The van der Waals surface area contributed by atoms with Crippen LogP contribution in [0.4, 0.5) is 19.3 Å². The smallest absolute Gasteiger partial charge is 0.412 e. The molecule has 4 amide bonds. The number of rotatable bonds is 17. The highest BCUT2D eigenvalue weighted by atomic mass is 19.3. The van der Waals surface area contributed by atoms with Crippen molar-refractivity contribution in [3.8, 4) is 17.1 Å². The molecule has 3 N–H and O–H groups in total. The van der Waals surface area contributed by atoms with E-state index in [1.165, 1.54) is 24.1 Å². The van der Waals surface area contributed by atoms with Crippen molar-refractivity contribution in [2.75, 3.05) is 32.1 Å². The Hall–Kier alpha value is -6.45. The first kappa shape index (κ1) is 40.3. The predicted octanol–water partition coefficient (Wildman–Crippen LogP) is 3.58. The number of ketones is 1. The standard InChI is InChI=1S/C38H40F2N6O8/c1-4-45(5-2)32(48)22-42-36(51)38(39,40)33(49)29(20-25-12-8-6-9-13-25)43-31(47)23-46-34(27-16-18-28(53-3)19-17-27)41-21-30(35(46)50)44-37(52)54-24-26-14-10-7-11-15-26/h6-19,21,29H,4-5,20,22-24H2,1-3H3,(H,42,51)(H,43,47)(H,44,52). The van der Waals surface area contributed by atoms with E-state index in [9.17, 15) is 28.8 Å². The summed E-state index contributed by atoms with van der Waals surface area (Å²) in [6, 6.07) is 21.0. The number of carbonyl (C=O) groups is 5. The van der Waals surface area contributed by atoms with Gasteiger partial charge in [0.1, 0.15) is 30.4 Å². The van der Waals surface area contributed by atoms with Crippen molar-refractivity contribution in [2.45, 2.75) is 45.4 Å². The van der Waals surface area contributed by atoms with E-state index >= 15 is 8.78 Å². The fraction of sp³-hybridized carbons (Fsp3) is 0.289. The minimum Gasteiger partial charge on any atom is -0.497 e. The summed E-state index contributed by atoms with van der Waals surface area (Å²) in [7, 11) is 1.46. The number of halogens is 2. The van der Waals surface area contributed by atoms with Gasteiger partial charge in [-0.3, -0.25) is 33.9 Å². The molecule has 1 atom stereocenters. The first-order valence-corrected chi connectivity index (χ1v) is 16.9. The predicted molar refractivity (Wildman–Crippen MR) is 194 cm³/mol. The number of benzene rings is 3. The summed E-state index contributed by atoms with van der Waals surface area (Å²) in [5.41, 5.74) is 0.138. The number of methoxy groups -OCH3 is 1. The summed E-state index contributed by atoms with van der Waals surface area (Å²) in [4.78, 5) is 83.9. The quantitative estimate of drug-likeness (QED) is 0.136. The Kier molecular flexibility index (Phi) is 14.1. The zero-order chi connectivity index (χ0) is 39.3. The highest BCUT2D eigenvalue weighted by Crippen LogP contribution is 2.22. The molecule has 0 aliphatic carbocycles. The highest BCUT2D eigenvalue weighted by molar-refractivity contribution is 6.11. The fourth-order valence-electron chi connectivity index (χ4n) is 5.29. The third kappa shape index (κ3) is 10.6. The molecule has 0 aliphatic rings. The molecule has 1 unspecified atom stereocenters. The molecule has 14 nitrogen and oxygen atoms in total. The van der Waals surface area contributed by atoms with Gasteiger partial charge in [0.2, 0.25) is 17.6 Å². The van der Waals surface area contributed by atoms with Crippen molar-refractivity contribution in [1.29, 1.82) is 0 Å². The molecule has 54 heavy (non-hydrogen) atoms. The van der Waals surface area contributed by atoms with E-state index < -0.39 is 66.6 Å². The molecule has 4 rings (SSSR count). The zero-order valence-electron chi connectivity index (χ0n) is 29.8. The normalized spacial score (nSPS) is 11.5. The first-order valence-electron chi connectivity index (χ1n) is 16.9. The summed E-state index contributed by atoms with van der Waals surface area (Å²) < 4.78 is 42.2. The number of nitrogens with one attached hydrogen (secondary N) is 3. The van der Waals surface area contributed by atoms with Crippen molar-refractivity contribution in [3.05, 3.63) is 113 Å². The summed E-state index contributed by atoms with van der Waals surface area (Å²) in [5, 5.41) is 6.40. The number of nitrogens with zero attached hydrogens (tertiary/aromatic N) is 3. The van der Waals surface area contributed by atoms with Crippen LogP contribution in [0.2, 0.25) is 0 Å². The Morgan fingerprint density at radius 2 is 1.50 bits per heavy atom. The van der Waals surface area contributed by atoms with Crippen molar-refractivity contribution in [3.63, 3.8) is 0 Å². The number of aromatic nitrogens is 2. The van der Waals surface area contributed by atoms with E-state index in [4.69, 9.17) is 9.47 Å². The molecule has 3 aromatic carbocycles. The van der Waals surface area contributed by atoms with Crippen molar-refractivity contribution in [1.82, 2.24) is 25.1 Å². The monoisotopic (exact) mass is 746 g/mol. The van der Waals surface area contributed by atoms with E-state index in [1.807, 2.05) is 5.32 Å². The lowest BCUT2D eigenvalue weighted by atomic mass is 9.98. The third-order valence-corrected chi connectivity index (χ3v) is 8.19. The first-order chi connectivity index (χ1) is 25.9. The molecule has 1 aromatic heterocycles. The zero-order valence-corrected chi connectivity index (χ0v) is 29.8. The van der Waals surface area contributed by atoms with Gasteiger partial charge in [-0.2, -0.15) is 8.78 Å². The molecule has 0 aliphatic heterocycles. The summed E-state index contributed by atoms with van der Waals surface area (Å²) in [5.74, 6) is -9.87. The average molecular weight is 747 g/mol.